The van der Waals surface area contributed by atoms with Crippen LogP contribution in [0.15, 0.2) is 24.3 Å². The van der Waals surface area contributed by atoms with Crippen molar-refractivity contribution in [3.63, 3.8) is 0 Å². The zero-order valence-corrected chi connectivity index (χ0v) is 9.84. The summed E-state index contributed by atoms with van der Waals surface area (Å²) >= 11 is 5.90. The molecule has 0 bridgehead atoms. The minimum absolute atomic E-state index is 0.739. The van der Waals surface area contributed by atoms with Gasteiger partial charge in [0.25, 0.3) is 0 Å². The summed E-state index contributed by atoms with van der Waals surface area (Å²) in [6, 6.07) is 8.37. The highest BCUT2D eigenvalue weighted by Gasteiger charge is 2.21. The summed E-state index contributed by atoms with van der Waals surface area (Å²) in [5, 5.41) is 0.836. The van der Waals surface area contributed by atoms with Crippen LogP contribution in [-0.2, 0) is 0 Å². The quantitative estimate of drug-likeness (QED) is 0.671. The summed E-state index contributed by atoms with van der Waals surface area (Å²) in [6.45, 7) is 4.03. The molecular weight excluding hydrogens is 204 g/mol. The topological polar surface area (TPSA) is 0 Å². The Bertz CT molecular complexity index is 302. The van der Waals surface area contributed by atoms with E-state index in [1.165, 1.54) is 31.2 Å². The third-order valence-electron chi connectivity index (χ3n) is 3.53. The first-order valence-electron chi connectivity index (χ1n) is 5.84. The van der Waals surface area contributed by atoms with Gasteiger partial charge in [0.1, 0.15) is 0 Å². The first kappa shape index (κ1) is 11.0. The van der Waals surface area contributed by atoms with E-state index < -0.39 is 0 Å². The molecule has 0 aliphatic heterocycles. The third kappa shape index (κ3) is 2.75. The zero-order chi connectivity index (χ0) is 10.7. The maximum atomic E-state index is 5.90. The number of benzene rings is 1. The van der Waals surface area contributed by atoms with E-state index in [-0.39, 0.29) is 0 Å². The van der Waals surface area contributed by atoms with Gasteiger partial charge in [-0.2, -0.15) is 0 Å². The van der Waals surface area contributed by atoms with Crippen LogP contribution in [0, 0.1) is 12.8 Å². The summed E-state index contributed by atoms with van der Waals surface area (Å²) in [7, 11) is 0. The minimum Gasteiger partial charge on any atom is -0.0843 e. The lowest BCUT2D eigenvalue weighted by Crippen LogP contribution is -2.13. The molecule has 1 aliphatic rings. The van der Waals surface area contributed by atoms with Crippen molar-refractivity contribution < 1.29 is 0 Å². The minimum atomic E-state index is 0.739. The van der Waals surface area contributed by atoms with E-state index in [4.69, 9.17) is 11.6 Å². The van der Waals surface area contributed by atoms with Crippen LogP contribution < -0.4 is 0 Å². The molecule has 2 rings (SSSR count). The van der Waals surface area contributed by atoms with Crippen LogP contribution in [-0.4, -0.2) is 0 Å². The fourth-order valence-electron chi connectivity index (χ4n) is 2.59. The maximum absolute atomic E-state index is 5.90. The molecule has 81 valence electrons. The Hall–Kier alpha value is -0.490. The third-order valence-corrected chi connectivity index (χ3v) is 3.78. The highest BCUT2D eigenvalue weighted by Crippen LogP contribution is 2.37. The van der Waals surface area contributed by atoms with Crippen molar-refractivity contribution in [1.82, 2.24) is 0 Å². The van der Waals surface area contributed by atoms with Gasteiger partial charge in [0.15, 0.2) is 0 Å². The average molecular weight is 222 g/mol. The summed E-state index contributed by atoms with van der Waals surface area (Å²) in [6.07, 6.45) is 6.45. The van der Waals surface area contributed by atoms with Crippen molar-refractivity contribution >= 4 is 11.6 Å². The number of halogens is 1. The second-order valence-electron chi connectivity index (χ2n) is 4.57. The van der Waals surface area contributed by atoms with Gasteiger partial charge in [-0.1, -0.05) is 49.9 Å². The van der Waals surface area contributed by atoms with Crippen LogP contribution in [0.5, 0.6) is 0 Å². The molecule has 0 aromatic heterocycles. The van der Waals surface area contributed by atoms with Gasteiger partial charge < -0.3 is 0 Å². The Morgan fingerprint density at radius 2 is 1.93 bits per heavy atom. The SMILES string of the molecule is [CH2]CC1CCCC(c2ccc(Cl)cc2)C1. The molecule has 0 heterocycles. The highest BCUT2D eigenvalue weighted by atomic mass is 35.5. The van der Waals surface area contributed by atoms with E-state index in [2.05, 4.69) is 19.1 Å². The summed E-state index contributed by atoms with van der Waals surface area (Å²) in [5.41, 5.74) is 1.46. The average Bonchev–Trinajstić information content (AvgIpc) is 2.30. The molecule has 1 fully saturated rings. The van der Waals surface area contributed by atoms with Crippen LogP contribution in [0.25, 0.3) is 0 Å². The van der Waals surface area contributed by atoms with Gasteiger partial charge in [0.05, 0.1) is 0 Å². The van der Waals surface area contributed by atoms with Gasteiger partial charge >= 0.3 is 0 Å². The van der Waals surface area contributed by atoms with Crippen LogP contribution in [0.1, 0.15) is 43.6 Å². The van der Waals surface area contributed by atoms with Gasteiger partial charge in [-0.05, 0) is 42.4 Å². The molecule has 0 N–H and O–H groups in total. The van der Waals surface area contributed by atoms with Crippen molar-refractivity contribution in [1.29, 1.82) is 0 Å². The molecule has 1 aromatic rings. The smallest absolute Gasteiger partial charge is 0.0406 e. The molecule has 0 nitrogen and oxygen atoms in total. The molecule has 0 saturated heterocycles. The summed E-state index contributed by atoms with van der Waals surface area (Å²) < 4.78 is 0. The van der Waals surface area contributed by atoms with E-state index >= 15 is 0 Å². The molecule has 1 heteroatoms. The maximum Gasteiger partial charge on any atom is 0.0406 e. The van der Waals surface area contributed by atoms with Crippen molar-refractivity contribution in [2.45, 2.75) is 38.0 Å². The molecule has 0 amide bonds. The lowest BCUT2D eigenvalue weighted by molar-refractivity contribution is 0.323. The largest absolute Gasteiger partial charge is 0.0843 e. The highest BCUT2D eigenvalue weighted by molar-refractivity contribution is 6.30. The van der Waals surface area contributed by atoms with Crippen molar-refractivity contribution in [3.05, 3.63) is 41.8 Å². The van der Waals surface area contributed by atoms with E-state index in [0.717, 1.165) is 23.3 Å². The lowest BCUT2D eigenvalue weighted by atomic mass is 9.77. The van der Waals surface area contributed by atoms with Gasteiger partial charge in [0, 0.05) is 5.02 Å². The fraction of sp³-hybridized carbons (Fsp3) is 0.500. The van der Waals surface area contributed by atoms with Crippen molar-refractivity contribution in [3.8, 4) is 0 Å². The Morgan fingerprint density at radius 1 is 1.20 bits per heavy atom. The molecule has 2 unspecified atom stereocenters. The van der Waals surface area contributed by atoms with Crippen LogP contribution in [0.2, 0.25) is 5.02 Å². The molecule has 1 aliphatic carbocycles. The van der Waals surface area contributed by atoms with Gasteiger partial charge in [-0.3, -0.25) is 0 Å². The second-order valence-corrected chi connectivity index (χ2v) is 5.01. The van der Waals surface area contributed by atoms with Crippen LogP contribution in [0.3, 0.4) is 0 Å². The van der Waals surface area contributed by atoms with E-state index in [0.29, 0.717) is 0 Å². The summed E-state index contributed by atoms with van der Waals surface area (Å²) in [5.74, 6) is 1.57. The van der Waals surface area contributed by atoms with E-state index in [1.807, 2.05) is 12.1 Å². The Balaban J connectivity index is 2.06. The van der Waals surface area contributed by atoms with Crippen molar-refractivity contribution in [2.75, 3.05) is 0 Å². The fourth-order valence-corrected chi connectivity index (χ4v) is 2.72. The number of hydrogen-bond donors (Lipinski definition) is 0. The Morgan fingerprint density at radius 3 is 2.60 bits per heavy atom. The zero-order valence-electron chi connectivity index (χ0n) is 9.08. The van der Waals surface area contributed by atoms with Gasteiger partial charge in [-0.25, -0.2) is 0 Å². The monoisotopic (exact) mass is 221 g/mol. The van der Waals surface area contributed by atoms with E-state index in [9.17, 15) is 0 Å². The first-order chi connectivity index (χ1) is 7.29. The van der Waals surface area contributed by atoms with E-state index in [1.54, 1.807) is 0 Å². The molecular formula is C14H18Cl. The van der Waals surface area contributed by atoms with Crippen LogP contribution in [0.4, 0.5) is 0 Å². The predicted molar refractivity (Wildman–Crippen MR) is 66.1 cm³/mol. The standard InChI is InChI=1S/C14H18Cl/c1-2-11-4-3-5-13(10-11)12-6-8-14(15)9-7-12/h6-9,11,13H,1-5,10H2. The molecule has 0 spiro atoms. The normalized spacial score (nSPS) is 26.5. The molecule has 15 heavy (non-hydrogen) atoms. The first-order valence-corrected chi connectivity index (χ1v) is 6.22. The molecule has 2 atom stereocenters. The molecule has 1 saturated carbocycles. The second kappa shape index (κ2) is 5.03. The number of rotatable bonds is 2. The Kier molecular flexibility index (Phi) is 3.69. The van der Waals surface area contributed by atoms with Crippen molar-refractivity contribution in [2.24, 2.45) is 5.92 Å². The Labute approximate surface area is 97.6 Å². The molecule has 1 radical (unpaired) electrons. The summed E-state index contributed by atoms with van der Waals surface area (Å²) in [4.78, 5) is 0. The van der Waals surface area contributed by atoms with Gasteiger partial charge in [-0.15, -0.1) is 0 Å². The van der Waals surface area contributed by atoms with Gasteiger partial charge in [0.2, 0.25) is 0 Å². The van der Waals surface area contributed by atoms with Crippen LogP contribution >= 0.6 is 11.6 Å². The predicted octanol–water partition coefficient (Wildman–Crippen LogP) is 4.84. The number of hydrogen-bond acceptors (Lipinski definition) is 0. The molecule has 1 aromatic carbocycles. The lowest BCUT2D eigenvalue weighted by Gasteiger charge is -2.28.